The van der Waals surface area contributed by atoms with Crippen LogP contribution in [0.25, 0.3) is 0 Å². The first kappa shape index (κ1) is 11.3. The summed E-state index contributed by atoms with van der Waals surface area (Å²) in [6.45, 7) is 2.01. The molecular weight excluding hydrogens is 313 g/mol. The summed E-state index contributed by atoms with van der Waals surface area (Å²) < 4.78 is 6.85. The van der Waals surface area contributed by atoms with Gasteiger partial charge in [-0.15, -0.1) is 0 Å². The first-order chi connectivity index (χ1) is 7.65. The molecule has 0 saturated carbocycles. The second-order valence-electron chi connectivity index (χ2n) is 3.60. The molecule has 2 N–H and O–H groups in total. The van der Waals surface area contributed by atoms with Crippen molar-refractivity contribution in [2.45, 2.75) is 6.92 Å². The van der Waals surface area contributed by atoms with Gasteiger partial charge in [-0.05, 0) is 65.4 Å². The van der Waals surface area contributed by atoms with E-state index in [0.29, 0.717) is 11.4 Å². The predicted octanol–water partition coefficient (Wildman–Crippen LogP) is 3.97. The molecule has 0 aliphatic heterocycles. The van der Waals surface area contributed by atoms with Gasteiger partial charge in [0.25, 0.3) is 0 Å². The molecule has 0 aliphatic rings. The first-order valence-electron chi connectivity index (χ1n) is 4.95. The number of rotatable bonds is 2. The van der Waals surface area contributed by atoms with Crippen molar-refractivity contribution in [1.82, 2.24) is 0 Å². The maximum Gasteiger partial charge on any atom is 0.150 e. The Kier molecular flexibility index (Phi) is 3.33. The second kappa shape index (κ2) is 4.74. The summed E-state index contributed by atoms with van der Waals surface area (Å²) in [6, 6.07) is 13.7. The lowest BCUT2D eigenvalue weighted by molar-refractivity contribution is 0.484. The van der Waals surface area contributed by atoms with Gasteiger partial charge in [0.15, 0.2) is 0 Å². The van der Waals surface area contributed by atoms with E-state index in [-0.39, 0.29) is 0 Å². The second-order valence-corrected chi connectivity index (χ2v) is 4.85. The van der Waals surface area contributed by atoms with E-state index in [2.05, 4.69) is 22.6 Å². The lowest BCUT2D eigenvalue weighted by Crippen LogP contribution is -1.92. The highest BCUT2D eigenvalue weighted by Gasteiger charge is 2.02. The van der Waals surface area contributed by atoms with Crippen LogP contribution in [-0.2, 0) is 0 Å². The standard InChI is InChI=1S/C13H12INO/c1-9-5-6-13(12(15)7-9)16-11-4-2-3-10(14)8-11/h2-8H,15H2,1H3. The smallest absolute Gasteiger partial charge is 0.150 e. The van der Waals surface area contributed by atoms with Crippen LogP contribution in [-0.4, -0.2) is 0 Å². The minimum absolute atomic E-state index is 0.666. The van der Waals surface area contributed by atoms with Crippen molar-refractivity contribution in [2.24, 2.45) is 0 Å². The fraction of sp³-hybridized carbons (Fsp3) is 0.0769. The number of anilines is 1. The Hall–Kier alpha value is -1.23. The van der Waals surface area contributed by atoms with E-state index >= 15 is 0 Å². The van der Waals surface area contributed by atoms with Crippen LogP contribution in [0.3, 0.4) is 0 Å². The molecule has 0 saturated heterocycles. The van der Waals surface area contributed by atoms with Crippen LogP contribution < -0.4 is 10.5 Å². The van der Waals surface area contributed by atoms with Gasteiger partial charge in [-0.3, -0.25) is 0 Å². The molecule has 0 unspecified atom stereocenters. The van der Waals surface area contributed by atoms with Crippen molar-refractivity contribution in [2.75, 3.05) is 5.73 Å². The van der Waals surface area contributed by atoms with Crippen molar-refractivity contribution in [3.8, 4) is 11.5 Å². The van der Waals surface area contributed by atoms with Gasteiger partial charge in [0.2, 0.25) is 0 Å². The van der Waals surface area contributed by atoms with E-state index in [4.69, 9.17) is 10.5 Å². The van der Waals surface area contributed by atoms with Crippen LogP contribution >= 0.6 is 22.6 Å². The molecular formula is C13H12INO. The predicted molar refractivity (Wildman–Crippen MR) is 74.8 cm³/mol. The zero-order valence-corrected chi connectivity index (χ0v) is 11.1. The SMILES string of the molecule is Cc1ccc(Oc2cccc(I)c2)c(N)c1. The van der Waals surface area contributed by atoms with Crippen LogP contribution in [0.2, 0.25) is 0 Å². The largest absolute Gasteiger partial charge is 0.455 e. The van der Waals surface area contributed by atoms with Gasteiger partial charge in [-0.2, -0.15) is 0 Å². The average molecular weight is 325 g/mol. The molecule has 0 amide bonds. The normalized spacial score (nSPS) is 10.1. The molecule has 2 rings (SSSR count). The Bertz CT molecular complexity index is 511. The van der Waals surface area contributed by atoms with Crippen LogP contribution in [0.15, 0.2) is 42.5 Å². The molecule has 3 heteroatoms. The van der Waals surface area contributed by atoms with E-state index < -0.39 is 0 Å². The number of halogens is 1. The summed E-state index contributed by atoms with van der Waals surface area (Å²) in [5.41, 5.74) is 7.68. The van der Waals surface area contributed by atoms with Gasteiger partial charge in [0, 0.05) is 3.57 Å². The fourth-order valence-electron chi connectivity index (χ4n) is 1.42. The maximum atomic E-state index is 5.88. The monoisotopic (exact) mass is 325 g/mol. The number of nitrogen functional groups attached to an aromatic ring is 1. The van der Waals surface area contributed by atoms with E-state index in [0.717, 1.165) is 14.9 Å². The molecule has 2 aromatic rings. The minimum Gasteiger partial charge on any atom is -0.455 e. The van der Waals surface area contributed by atoms with Crippen LogP contribution in [0.5, 0.6) is 11.5 Å². The summed E-state index contributed by atoms with van der Waals surface area (Å²) in [6.07, 6.45) is 0. The molecule has 0 radical (unpaired) electrons. The van der Waals surface area contributed by atoms with E-state index in [1.807, 2.05) is 49.4 Å². The number of ether oxygens (including phenoxy) is 1. The van der Waals surface area contributed by atoms with Gasteiger partial charge in [0.05, 0.1) is 5.69 Å². The third kappa shape index (κ3) is 2.66. The lowest BCUT2D eigenvalue weighted by atomic mass is 10.2. The van der Waals surface area contributed by atoms with E-state index in [1.165, 1.54) is 0 Å². The van der Waals surface area contributed by atoms with Gasteiger partial charge in [-0.25, -0.2) is 0 Å². The number of benzene rings is 2. The third-order valence-electron chi connectivity index (χ3n) is 2.19. The molecule has 2 nitrogen and oxygen atoms in total. The molecule has 0 aliphatic carbocycles. The van der Waals surface area contributed by atoms with Crippen molar-refractivity contribution in [3.05, 3.63) is 51.6 Å². The van der Waals surface area contributed by atoms with E-state index in [9.17, 15) is 0 Å². The quantitative estimate of drug-likeness (QED) is 0.670. The Labute approximate surface area is 109 Å². The molecule has 0 fully saturated rings. The third-order valence-corrected chi connectivity index (χ3v) is 2.86. The first-order valence-corrected chi connectivity index (χ1v) is 6.02. The molecule has 0 spiro atoms. The van der Waals surface area contributed by atoms with Gasteiger partial charge < -0.3 is 10.5 Å². The Morgan fingerprint density at radius 3 is 2.62 bits per heavy atom. The zero-order valence-electron chi connectivity index (χ0n) is 8.91. The number of hydrogen-bond acceptors (Lipinski definition) is 2. The summed E-state index contributed by atoms with van der Waals surface area (Å²) in [4.78, 5) is 0. The molecule has 2 aromatic carbocycles. The van der Waals surface area contributed by atoms with Crippen LogP contribution in [0, 0.1) is 10.5 Å². The van der Waals surface area contributed by atoms with Gasteiger partial charge in [0.1, 0.15) is 11.5 Å². The number of aryl methyl sites for hydroxylation is 1. The molecule has 82 valence electrons. The molecule has 16 heavy (non-hydrogen) atoms. The van der Waals surface area contributed by atoms with Gasteiger partial charge >= 0.3 is 0 Å². The number of nitrogens with two attached hydrogens (primary N) is 1. The molecule has 0 aromatic heterocycles. The Morgan fingerprint density at radius 2 is 1.94 bits per heavy atom. The average Bonchev–Trinajstić information content (AvgIpc) is 2.22. The summed E-state index contributed by atoms with van der Waals surface area (Å²) in [5, 5.41) is 0. The Balaban J connectivity index is 2.27. The van der Waals surface area contributed by atoms with Crippen LogP contribution in [0.4, 0.5) is 5.69 Å². The topological polar surface area (TPSA) is 35.2 Å². The zero-order chi connectivity index (χ0) is 11.5. The lowest BCUT2D eigenvalue weighted by Gasteiger charge is -2.09. The fourth-order valence-corrected chi connectivity index (χ4v) is 1.93. The highest BCUT2D eigenvalue weighted by Crippen LogP contribution is 2.28. The maximum absolute atomic E-state index is 5.88. The Morgan fingerprint density at radius 1 is 1.12 bits per heavy atom. The van der Waals surface area contributed by atoms with Crippen molar-refractivity contribution < 1.29 is 4.74 Å². The van der Waals surface area contributed by atoms with Crippen molar-refractivity contribution in [1.29, 1.82) is 0 Å². The van der Waals surface area contributed by atoms with Crippen molar-refractivity contribution >= 4 is 28.3 Å². The summed E-state index contributed by atoms with van der Waals surface area (Å²) >= 11 is 2.25. The highest BCUT2D eigenvalue weighted by atomic mass is 127. The molecule has 0 bridgehead atoms. The number of hydrogen-bond donors (Lipinski definition) is 1. The van der Waals surface area contributed by atoms with Crippen LogP contribution in [0.1, 0.15) is 5.56 Å². The summed E-state index contributed by atoms with van der Waals surface area (Å²) in [7, 11) is 0. The van der Waals surface area contributed by atoms with E-state index in [1.54, 1.807) is 0 Å². The van der Waals surface area contributed by atoms with Crippen molar-refractivity contribution in [3.63, 3.8) is 0 Å². The minimum atomic E-state index is 0.666. The highest BCUT2D eigenvalue weighted by molar-refractivity contribution is 14.1. The molecule has 0 atom stereocenters. The van der Waals surface area contributed by atoms with Gasteiger partial charge in [-0.1, -0.05) is 12.1 Å². The summed E-state index contributed by atoms with van der Waals surface area (Å²) in [5.74, 6) is 1.51. The molecule has 0 heterocycles.